The summed E-state index contributed by atoms with van der Waals surface area (Å²) < 4.78 is 13.0. The number of hydrogen-bond donors (Lipinski definition) is 2. The third-order valence-corrected chi connectivity index (χ3v) is 3.50. The fourth-order valence-corrected chi connectivity index (χ4v) is 2.53. The van der Waals surface area contributed by atoms with Crippen LogP contribution in [0.5, 0.6) is 0 Å². The van der Waals surface area contributed by atoms with Gasteiger partial charge in [0.05, 0.1) is 27.8 Å². The van der Waals surface area contributed by atoms with Crippen LogP contribution in [0.25, 0.3) is 0 Å². The zero-order valence-corrected chi connectivity index (χ0v) is 11.7. The van der Waals surface area contributed by atoms with Gasteiger partial charge in [-0.15, -0.1) is 11.3 Å². The number of nitrogens with zero attached hydrogens (tertiary/aromatic N) is 1. The van der Waals surface area contributed by atoms with Gasteiger partial charge in [-0.05, 0) is 12.1 Å². The Morgan fingerprint density at radius 2 is 2.05 bits per heavy atom. The number of nitrogens with one attached hydrogen (secondary N) is 1. The maximum absolute atomic E-state index is 13.0. The van der Waals surface area contributed by atoms with Gasteiger partial charge in [0.1, 0.15) is 5.82 Å². The van der Waals surface area contributed by atoms with Gasteiger partial charge in [0, 0.05) is 5.38 Å². The Bertz CT molecular complexity index is 609. The number of thiazole rings is 1. The highest BCUT2D eigenvalue weighted by molar-refractivity contribution is 7.13. The summed E-state index contributed by atoms with van der Waals surface area (Å²) in [5, 5.41) is 4.67. The molecule has 0 saturated heterocycles. The van der Waals surface area contributed by atoms with Crippen molar-refractivity contribution in [3.63, 3.8) is 0 Å². The summed E-state index contributed by atoms with van der Waals surface area (Å²) in [6, 6.07) is 2.15. The van der Waals surface area contributed by atoms with Crippen LogP contribution in [0.4, 0.5) is 15.2 Å². The van der Waals surface area contributed by atoms with Crippen LogP contribution in [0.2, 0.25) is 10.0 Å². The quantitative estimate of drug-likeness (QED) is 0.911. The fourth-order valence-electron chi connectivity index (χ4n) is 1.41. The monoisotopic (exact) mass is 319 g/mol. The van der Waals surface area contributed by atoms with Crippen LogP contribution in [0.3, 0.4) is 0 Å². The van der Waals surface area contributed by atoms with Crippen molar-refractivity contribution in [1.29, 1.82) is 0 Å². The Labute approximate surface area is 122 Å². The number of hydrogen-bond acceptors (Lipinski definition) is 4. The minimum atomic E-state index is -0.569. The number of aromatic nitrogens is 1. The first kappa shape index (κ1) is 14.0. The van der Waals surface area contributed by atoms with E-state index in [2.05, 4.69) is 10.3 Å². The molecule has 2 aromatic rings. The molecule has 0 aliphatic rings. The lowest BCUT2D eigenvalue weighted by molar-refractivity contribution is -0.115. The van der Waals surface area contributed by atoms with E-state index < -0.39 is 5.82 Å². The molecular weight excluding hydrogens is 312 g/mol. The lowest BCUT2D eigenvalue weighted by Gasteiger charge is -2.08. The first-order valence-corrected chi connectivity index (χ1v) is 6.73. The highest BCUT2D eigenvalue weighted by Crippen LogP contribution is 2.31. The molecule has 0 bridgehead atoms. The predicted octanol–water partition coefficient (Wildman–Crippen LogP) is 3.35. The third-order valence-electron chi connectivity index (χ3n) is 2.18. The maximum Gasteiger partial charge on any atom is 0.230 e. The molecule has 0 unspecified atom stereocenters. The molecule has 0 atom stereocenters. The van der Waals surface area contributed by atoms with Gasteiger partial charge >= 0.3 is 0 Å². The Hall–Kier alpha value is -1.37. The molecule has 100 valence electrons. The lowest BCUT2D eigenvalue weighted by atomic mass is 10.2. The van der Waals surface area contributed by atoms with Crippen molar-refractivity contribution in [2.45, 2.75) is 6.42 Å². The van der Waals surface area contributed by atoms with Crippen LogP contribution < -0.4 is 11.1 Å². The van der Waals surface area contributed by atoms with E-state index in [-0.39, 0.29) is 28.1 Å². The largest absolute Gasteiger partial charge is 0.375 e. The number of halogens is 3. The SMILES string of the molecule is Nc1nc(CC(=O)Nc2c(Cl)cc(F)cc2Cl)cs1. The first-order valence-electron chi connectivity index (χ1n) is 5.10. The van der Waals surface area contributed by atoms with Crippen molar-refractivity contribution in [1.82, 2.24) is 4.98 Å². The molecule has 0 fully saturated rings. The van der Waals surface area contributed by atoms with Crippen LogP contribution in [0.15, 0.2) is 17.5 Å². The number of nitrogens with two attached hydrogens (primary N) is 1. The van der Waals surface area contributed by atoms with Gasteiger partial charge in [0.25, 0.3) is 0 Å². The van der Waals surface area contributed by atoms with Crippen LogP contribution in [-0.2, 0) is 11.2 Å². The average Bonchev–Trinajstić information content (AvgIpc) is 2.69. The molecule has 0 saturated carbocycles. The molecule has 0 spiro atoms. The maximum atomic E-state index is 13.0. The van der Waals surface area contributed by atoms with E-state index >= 15 is 0 Å². The molecule has 2 rings (SSSR count). The van der Waals surface area contributed by atoms with E-state index in [1.165, 1.54) is 11.3 Å². The minimum Gasteiger partial charge on any atom is -0.375 e. The van der Waals surface area contributed by atoms with Gasteiger partial charge in [-0.3, -0.25) is 4.79 Å². The van der Waals surface area contributed by atoms with Crippen LogP contribution >= 0.6 is 34.5 Å². The second-order valence-electron chi connectivity index (χ2n) is 3.65. The number of rotatable bonds is 3. The Morgan fingerprint density at radius 3 is 2.58 bits per heavy atom. The zero-order valence-electron chi connectivity index (χ0n) is 9.41. The molecule has 0 aliphatic heterocycles. The minimum absolute atomic E-state index is 0.0381. The molecule has 1 aromatic heterocycles. The van der Waals surface area contributed by atoms with Gasteiger partial charge < -0.3 is 11.1 Å². The Morgan fingerprint density at radius 1 is 1.42 bits per heavy atom. The van der Waals surface area contributed by atoms with Crippen molar-refractivity contribution in [3.8, 4) is 0 Å². The van der Waals surface area contributed by atoms with Crippen molar-refractivity contribution >= 4 is 51.3 Å². The summed E-state index contributed by atoms with van der Waals surface area (Å²) in [5.74, 6) is -0.930. The highest BCUT2D eigenvalue weighted by atomic mass is 35.5. The summed E-state index contributed by atoms with van der Waals surface area (Å²) in [7, 11) is 0. The first-order chi connectivity index (χ1) is 8.95. The van der Waals surface area contributed by atoms with Crippen LogP contribution in [0, 0.1) is 5.82 Å². The number of carbonyl (C=O) groups is 1. The van der Waals surface area contributed by atoms with E-state index in [0.29, 0.717) is 10.8 Å². The summed E-state index contributed by atoms with van der Waals surface area (Å²) in [6.07, 6.45) is 0.0394. The lowest BCUT2D eigenvalue weighted by Crippen LogP contribution is -2.15. The molecule has 1 heterocycles. The zero-order chi connectivity index (χ0) is 14.0. The van der Waals surface area contributed by atoms with Gasteiger partial charge in [-0.25, -0.2) is 9.37 Å². The van der Waals surface area contributed by atoms with Crippen LogP contribution in [-0.4, -0.2) is 10.9 Å². The number of benzene rings is 1. The summed E-state index contributed by atoms with van der Waals surface area (Å²) in [5.41, 5.74) is 6.19. The summed E-state index contributed by atoms with van der Waals surface area (Å²) in [4.78, 5) is 15.7. The van der Waals surface area contributed by atoms with E-state index in [9.17, 15) is 9.18 Å². The second-order valence-corrected chi connectivity index (χ2v) is 5.35. The Balaban J connectivity index is 2.11. The van der Waals surface area contributed by atoms with Crippen molar-refractivity contribution in [3.05, 3.63) is 39.1 Å². The molecule has 1 amide bonds. The average molecular weight is 320 g/mol. The van der Waals surface area contributed by atoms with Gasteiger partial charge in [-0.1, -0.05) is 23.2 Å². The number of anilines is 2. The van der Waals surface area contributed by atoms with Crippen LogP contribution in [0.1, 0.15) is 5.69 Å². The topological polar surface area (TPSA) is 68.0 Å². The number of amides is 1. The van der Waals surface area contributed by atoms with E-state index in [0.717, 1.165) is 12.1 Å². The summed E-state index contributed by atoms with van der Waals surface area (Å²) in [6.45, 7) is 0. The molecule has 1 aromatic carbocycles. The van der Waals surface area contributed by atoms with Gasteiger partial charge in [-0.2, -0.15) is 0 Å². The van der Waals surface area contributed by atoms with Crippen molar-refractivity contribution in [2.24, 2.45) is 0 Å². The molecule has 8 heteroatoms. The molecule has 19 heavy (non-hydrogen) atoms. The van der Waals surface area contributed by atoms with E-state index in [1.807, 2.05) is 0 Å². The predicted molar refractivity (Wildman–Crippen MR) is 75.3 cm³/mol. The normalized spacial score (nSPS) is 10.5. The van der Waals surface area contributed by atoms with Crippen molar-refractivity contribution in [2.75, 3.05) is 11.1 Å². The second kappa shape index (κ2) is 5.73. The molecule has 0 radical (unpaired) electrons. The smallest absolute Gasteiger partial charge is 0.230 e. The van der Waals surface area contributed by atoms with E-state index in [4.69, 9.17) is 28.9 Å². The van der Waals surface area contributed by atoms with Crippen molar-refractivity contribution < 1.29 is 9.18 Å². The van der Waals surface area contributed by atoms with Gasteiger partial charge in [0.15, 0.2) is 5.13 Å². The molecule has 0 aliphatic carbocycles. The Kier molecular flexibility index (Phi) is 4.24. The number of carbonyl (C=O) groups excluding carboxylic acids is 1. The van der Waals surface area contributed by atoms with E-state index in [1.54, 1.807) is 5.38 Å². The third kappa shape index (κ3) is 3.56. The molecule has 3 N–H and O–H groups in total. The molecular formula is C11H8Cl2FN3OS. The van der Waals surface area contributed by atoms with Gasteiger partial charge in [0.2, 0.25) is 5.91 Å². The summed E-state index contributed by atoms with van der Waals surface area (Å²) >= 11 is 12.9. The fraction of sp³-hybridized carbons (Fsp3) is 0.0909. The number of nitrogen functional groups attached to an aromatic ring is 1. The standard InChI is InChI=1S/C11H8Cl2FN3OS/c12-7-1-5(14)2-8(13)10(7)17-9(18)3-6-4-19-11(15)16-6/h1-2,4H,3H2,(H2,15,16)(H,17,18). The molecule has 4 nitrogen and oxygen atoms in total. The highest BCUT2D eigenvalue weighted by Gasteiger charge is 2.13.